The molecule has 1 atom stereocenters. The first-order valence-corrected chi connectivity index (χ1v) is 7.90. The number of unbranched alkanes of at least 4 members (excludes halogenated alkanes) is 2. The van der Waals surface area contributed by atoms with E-state index in [0.717, 1.165) is 44.3 Å². The van der Waals surface area contributed by atoms with Gasteiger partial charge in [0.1, 0.15) is 5.82 Å². The maximum atomic E-state index is 13.3. The highest BCUT2D eigenvalue weighted by molar-refractivity contribution is 6.30. The van der Waals surface area contributed by atoms with Crippen LogP contribution in [0.4, 0.5) is 4.39 Å². The third kappa shape index (κ3) is 5.04. The average Bonchev–Trinajstić information content (AvgIpc) is 2.45. The van der Waals surface area contributed by atoms with Crippen molar-refractivity contribution in [2.24, 2.45) is 5.73 Å². The van der Waals surface area contributed by atoms with Gasteiger partial charge in [-0.05, 0) is 43.6 Å². The van der Waals surface area contributed by atoms with E-state index < -0.39 is 0 Å². The van der Waals surface area contributed by atoms with Crippen LogP contribution in [0.15, 0.2) is 18.2 Å². The molecule has 4 heteroatoms. The lowest BCUT2D eigenvalue weighted by Gasteiger charge is -2.31. The Balaban J connectivity index is 2.88. The second kappa shape index (κ2) is 9.32. The zero-order valence-corrected chi connectivity index (χ0v) is 13.3. The van der Waals surface area contributed by atoms with Gasteiger partial charge in [-0.3, -0.25) is 4.90 Å². The summed E-state index contributed by atoms with van der Waals surface area (Å²) in [5.74, 6) is -0.375. The number of rotatable bonds is 9. The van der Waals surface area contributed by atoms with E-state index in [1.165, 1.54) is 6.07 Å². The van der Waals surface area contributed by atoms with Crippen LogP contribution in [0.3, 0.4) is 0 Å². The Labute approximate surface area is 127 Å². The van der Waals surface area contributed by atoms with Crippen molar-refractivity contribution in [1.29, 1.82) is 0 Å². The van der Waals surface area contributed by atoms with Crippen LogP contribution in [-0.2, 0) is 0 Å². The van der Waals surface area contributed by atoms with Gasteiger partial charge in [-0.15, -0.1) is 0 Å². The predicted octanol–water partition coefficient (Wildman–Crippen LogP) is 4.38. The Kier molecular flexibility index (Phi) is 8.12. The molecule has 0 heterocycles. The van der Waals surface area contributed by atoms with Gasteiger partial charge in [-0.2, -0.15) is 0 Å². The van der Waals surface area contributed by atoms with Gasteiger partial charge in [0.25, 0.3) is 0 Å². The van der Waals surface area contributed by atoms with Crippen molar-refractivity contribution in [3.8, 4) is 0 Å². The molecule has 20 heavy (non-hydrogen) atoms. The molecule has 0 aliphatic heterocycles. The van der Waals surface area contributed by atoms with Gasteiger partial charge in [0.2, 0.25) is 0 Å². The Morgan fingerprint density at radius 2 is 1.80 bits per heavy atom. The van der Waals surface area contributed by atoms with Crippen LogP contribution in [0.5, 0.6) is 0 Å². The molecule has 0 fully saturated rings. The maximum Gasteiger partial charge on any atom is 0.141 e. The van der Waals surface area contributed by atoms with Gasteiger partial charge in [-0.25, -0.2) is 4.39 Å². The predicted molar refractivity (Wildman–Crippen MR) is 84.6 cm³/mol. The summed E-state index contributed by atoms with van der Waals surface area (Å²) >= 11 is 5.89. The molecule has 1 aromatic rings. The van der Waals surface area contributed by atoms with Crippen molar-refractivity contribution in [3.63, 3.8) is 0 Å². The largest absolute Gasteiger partial charge is 0.329 e. The van der Waals surface area contributed by atoms with Crippen molar-refractivity contribution >= 4 is 11.6 Å². The molecule has 0 spiro atoms. The lowest BCUT2D eigenvalue weighted by molar-refractivity contribution is 0.195. The summed E-state index contributed by atoms with van der Waals surface area (Å²) in [6.07, 6.45) is 4.61. The minimum absolute atomic E-state index is 0.117. The summed E-state index contributed by atoms with van der Waals surface area (Å²) in [6, 6.07) is 5.05. The molecule has 2 nitrogen and oxygen atoms in total. The van der Waals surface area contributed by atoms with Crippen LogP contribution in [0.25, 0.3) is 0 Å². The summed E-state index contributed by atoms with van der Waals surface area (Å²) < 4.78 is 13.3. The molecule has 0 aliphatic rings. The SMILES string of the molecule is CCCCN(CCCC)C(CN)c1ccc(F)c(Cl)c1. The first-order valence-electron chi connectivity index (χ1n) is 7.53. The van der Waals surface area contributed by atoms with E-state index in [9.17, 15) is 4.39 Å². The molecule has 114 valence electrons. The monoisotopic (exact) mass is 300 g/mol. The second-order valence-corrected chi connectivity index (χ2v) is 5.58. The van der Waals surface area contributed by atoms with E-state index in [1.54, 1.807) is 12.1 Å². The molecule has 0 aliphatic carbocycles. The standard InChI is InChI=1S/C16H26ClFN2/c1-3-5-9-20(10-6-4-2)16(12-19)13-7-8-15(18)14(17)11-13/h7-8,11,16H,3-6,9-10,12,19H2,1-2H3. The molecular weight excluding hydrogens is 275 g/mol. The van der Waals surface area contributed by atoms with Gasteiger partial charge in [0.05, 0.1) is 5.02 Å². The van der Waals surface area contributed by atoms with Crippen LogP contribution >= 0.6 is 11.6 Å². The highest BCUT2D eigenvalue weighted by atomic mass is 35.5. The van der Waals surface area contributed by atoms with Crippen LogP contribution < -0.4 is 5.73 Å². The molecule has 1 unspecified atom stereocenters. The fourth-order valence-corrected chi connectivity index (χ4v) is 2.55. The van der Waals surface area contributed by atoms with Crippen LogP contribution in [0, 0.1) is 5.82 Å². The lowest BCUT2D eigenvalue weighted by Crippen LogP contribution is -2.35. The van der Waals surface area contributed by atoms with E-state index in [4.69, 9.17) is 17.3 Å². The highest BCUT2D eigenvalue weighted by Gasteiger charge is 2.19. The van der Waals surface area contributed by atoms with Crippen LogP contribution in [0.2, 0.25) is 5.02 Å². The fraction of sp³-hybridized carbons (Fsp3) is 0.625. The molecule has 0 amide bonds. The van der Waals surface area contributed by atoms with Gasteiger partial charge in [0, 0.05) is 12.6 Å². The van der Waals surface area contributed by atoms with Gasteiger partial charge in [0.15, 0.2) is 0 Å². The Bertz CT molecular complexity index is 390. The van der Waals surface area contributed by atoms with Gasteiger partial charge in [-0.1, -0.05) is 44.4 Å². The summed E-state index contributed by atoms with van der Waals surface area (Å²) in [5, 5.41) is 0.173. The number of benzene rings is 1. The molecular formula is C16H26ClFN2. The van der Waals surface area contributed by atoms with E-state index in [-0.39, 0.29) is 16.9 Å². The maximum absolute atomic E-state index is 13.3. The second-order valence-electron chi connectivity index (χ2n) is 5.17. The zero-order valence-electron chi connectivity index (χ0n) is 12.5. The number of hydrogen-bond donors (Lipinski definition) is 1. The minimum Gasteiger partial charge on any atom is -0.329 e. The van der Waals surface area contributed by atoms with Crippen LogP contribution in [0.1, 0.15) is 51.1 Å². The summed E-state index contributed by atoms with van der Waals surface area (Å²) in [4.78, 5) is 2.40. The molecule has 0 bridgehead atoms. The molecule has 0 saturated heterocycles. The van der Waals surface area contributed by atoms with E-state index in [0.29, 0.717) is 6.54 Å². The highest BCUT2D eigenvalue weighted by Crippen LogP contribution is 2.25. The Morgan fingerprint density at radius 3 is 2.25 bits per heavy atom. The van der Waals surface area contributed by atoms with Crippen molar-refractivity contribution in [2.45, 2.75) is 45.6 Å². The Hall–Kier alpha value is -0.640. The van der Waals surface area contributed by atoms with Crippen molar-refractivity contribution in [1.82, 2.24) is 4.90 Å². The summed E-state index contributed by atoms with van der Waals surface area (Å²) in [7, 11) is 0. The van der Waals surface area contributed by atoms with E-state index >= 15 is 0 Å². The van der Waals surface area contributed by atoms with E-state index in [1.807, 2.05) is 0 Å². The van der Waals surface area contributed by atoms with Crippen molar-refractivity contribution in [3.05, 3.63) is 34.6 Å². The minimum atomic E-state index is -0.375. The lowest BCUT2D eigenvalue weighted by atomic mass is 10.0. The normalized spacial score (nSPS) is 12.9. The number of nitrogens with two attached hydrogens (primary N) is 1. The van der Waals surface area contributed by atoms with Crippen LogP contribution in [-0.4, -0.2) is 24.5 Å². The van der Waals surface area contributed by atoms with Crippen molar-refractivity contribution in [2.75, 3.05) is 19.6 Å². The number of halogens is 2. The summed E-state index contributed by atoms with van der Waals surface area (Å²) in [6.45, 7) is 6.94. The molecule has 2 N–H and O–H groups in total. The van der Waals surface area contributed by atoms with Crippen molar-refractivity contribution < 1.29 is 4.39 Å². The zero-order chi connectivity index (χ0) is 15.0. The van der Waals surface area contributed by atoms with E-state index in [2.05, 4.69) is 18.7 Å². The quantitative estimate of drug-likeness (QED) is 0.733. The third-order valence-electron chi connectivity index (χ3n) is 3.59. The van der Waals surface area contributed by atoms with Gasteiger partial charge >= 0.3 is 0 Å². The third-order valence-corrected chi connectivity index (χ3v) is 3.88. The summed E-state index contributed by atoms with van der Waals surface area (Å²) in [5.41, 5.74) is 6.96. The topological polar surface area (TPSA) is 29.3 Å². The molecule has 0 radical (unpaired) electrons. The Morgan fingerprint density at radius 1 is 1.20 bits per heavy atom. The first-order chi connectivity index (χ1) is 9.63. The molecule has 0 saturated carbocycles. The number of hydrogen-bond acceptors (Lipinski definition) is 2. The smallest absolute Gasteiger partial charge is 0.141 e. The fourth-order valence-electron chi connectivity index (χ4n) is 2.36. The number of nitrogens with zero attached hydrogens (tertiary/aromatic N) is 1. The molecule has 1 aromatic carbocycles. The average molecular weight is 301 g/mol. The molecule has 0 aromatic heterocycles. The first kappa shape index (κ1) is 17.4. The molecule has 1 rings (SSSR count). The van der Waals surface area contributed by atoms with Gasteiger partial charge < -0.3 is 5.73 Å².